The van der Waals surface area contributed by atoms with Gasteiger partial charge in [0.15, 0.2) is 0 Å². The minimum absolute atomic E-state index is 0.441. The number of hydrogen-bond donors (Lipinski definition) is 2. The molecule has 21 heavy (non-hydrogen) atoms. The minimum atomic E-state index is -0.701. The molecule has 1 aliphatic carbocycles. The van der Waals surface area contributed by atoms with Crippen LogP contribution in [0, 0.1) is 5.92 Å². The average molecular weight is 296 g/mol. The first-order valence-electron chi connectivity index (χ1n) is 8.72. The molecule has 122 valence electrons. The molecule has 0 aromatic rings. The lowest BCUT2D eigenvalue weighted by Gasteiger charge is -2.37. The lowest BCUT2D eigenvalue weighted by atomic mass is 9.89. The SMILES string of the molecule is CCC(CCCN1CCC(C)CC1C)(NC1CC1)C(=O)O. The molecule has 2 aliphatic rings. The smallest absolute Gasteiger partial charge is 0.323 e. The summed E-state index contributed by atoms with van der Waals surface area (Å²) >= 11 is 0. The highest BCUT2D eigenvalue weighted by Crippen LogP contribution is 2.28. The molecular formula is C17H32N2O2. The van der Waals surface area contributed by atoms with Gasteiger partial charge in [0.2, 0.25) is 0 Å². The van der Waals surface area contributed by atoms with Crippen molar-refractivity contribution in [3.8, 4) is 0 Å². The Kier molecular flexibility index (Phi) is 5.67. The molecule has 2 rings (SSSR count). The Morgan fingerprint density at radius 1 is 1.33 bits per heavy atom. The first-order valence-corrected chi connectivity index (χ1v) is 8.72. The van der Waals surface area contributed by atoms with Crippen LogP contribution in [0.2, 0.25) is 0 Å². The van der Waals surface area contributed by atoms with Gasteiger partial charge in [-0.05, 0) is 70.9 Å². The first kappa shape index (κ1) is 16.8. The van der Waals surface area contributed by atoms with Crippen LogP contribution in [0.15, 0.2) is 0 Å². The van der Waals surface area contributed by atoms with Crippen molar-refractivity contribution in [3.05, 3.63) is 0 Å². The molecule has 4 nitrogen and oxygen atoms in total. The van der Waals surface area contributed by atoms with Gasteiger partial charge in [-0.15, -0.1) is 0 Å². The summed E-state index contributed by atoms with van der Waals surface area (Å²) in [5.74, 6) is 0.166. The quantitative estimate of drug-likeness (QED) is 0.723. The molecule has 3 atom stereocenters. The van der Waals surface area contributed by atoms with Crippen molar-refractivity contribution in [2.45, 2.75) is 83.3 Å². The number of carbonyl (C=O) groups is 1. The van der Waals surface area contributed by atoms with Crippen LogP contribution in [0.1, 0.15) is 65.7 Å². The number of carboxylic acid groups (broad SMARTS) is 1. The molecule has 0 bridgehead atoms. The second-order valence-electron chi connectivity index (χ2n) is 7.28. The Morgan fingerprint density at radius 2 is 2.05 bits per heavy atom. The molecule has 0 radical (unpaired) electrons. The number of nitrogens with zero attached hydrogens (tertiary/aromatic N) is 1. The topological polar surface area (TPSA) is 52.6 Å². The highest BCUT2D eigenvalue weighted by Gasteiger charge is 2.40. The number of aliphatic carboxylic acids is 1. The van der Waals surface area contributed by atoms with Crippen LogP contribution in [0.3, 0.4) is 0 Å². The van der Waals surface area contributed by atoms with Crippen LogP contribution >= 0.6 is 0 Å². The molecule has 4 heteroatoms. The normalized spacial score (nSPS) is 30.0. The third kappa shape index (κ3) is 4.43. The van der Waals surface area contributed by atoms with Crippen molar-refractivity contribution in [2.75, 3.05) is 13.1 Å². The van der Waals surface area contributed by atoms with Gasteiger partial charge in [-0.25, -0.2) is 0 Å². The standard InChI is InChI=1S/C17H32N2O2/c1-4-17(16(20)21,18-15-6-7-15)9-5-10-19-11-8-13(2)12-14(19)3/h13-15,18H,4-12H2,1-3H3,(H,20,21). The van der Waals surface area contributed by atoms with E-state index in [1.807, 2.05) is 6.92 Å². The van der Waals surface area contributed by atoms with E-state index in [0.717, 1.165) is 38.1 Å². The average Bonchev–Trinajstić information content (AvgIpc) is 3.23. The molecule has 0 amide bonds. The summed E-state index contributed by atoms with van der Waals surface area (Å²) in [6.45, 7) is 8.84. The van der Waals surface area contributed by atoms with Gasteiger partial charge in [-0.1, -0.05) is 13.8 Å². The maximum absolute atomic E-state index is 11.7. The van der Waals surface area contributed by atoms with E-state index in [2.05, 4.69) is 24.1 Å². The molecule has 0 aromatic carbocycles. The van der Waals surface area contributed by atoms with Crippen molar-refractivity contribution >= 4 is 5.97 Å². The summed E-state index contributed by atoms with van der Waals surface area (Å²) in [4.78, 5) is 14.3. The Bertz CT molecular complexity index is 357. The summed E-state index contributed by atoms with van der Waals surface area (Å²) in [6, 6.07) is 1.09. The fraction of sp³-hybridized carbons (Fsp3) is 0.941. The zero-order valence-corrected chi connectivity index (χ0v) is 13.9. The van der Waals surface area contributed by atoms with Gasteiger partial charge in [0.25, 0.3) is 0 Å². The molecule has 0 aromatic heterocycles. The van der Waals surface area contributed by atoms with Crippen LogP contribution in [-0.2, 0) is 4.79 Å². The summed E-state index contributed by atoms with van der Waals surface area (Å²) in [6.07, 6.45) is 7.21. The van der Waals surface area contributed by atoms with Crippen LogP contribution in [0.5, 0.6) is 0 Å². The highest BCUT2D eigenvalue weighted by atomic mass is 16.4. The van der Waals surface area contributed by atoms with Crippen LogP contribution in [0.4, 0.5) is 0 Å². The Morgan fingerprint density at radius 3 is 2.57 bits per heavy atom. The molecule has 2 fully saturated rings. The summed E-state index contributed by atoms with van der Waals surface area (Å²) < 4.78 is 0. The van der Waals surface area contributed by atoms with Gasteiger partial charge in [0.1, 0.15) is 5.54 Å². The summed E-state index contributed by atoms with van der Waals surface area (Å²) in [7, 11) is 0. The molecule has 3 unspecified atom stereocenters. The van der Waals surface area contributed by atoms with Crippen molar-refractivity contribution in [1.82, 2.24) is 10.2 Å². The van der Waals surface area contributed by atoms with E-state index in [1.54, 1.807) is 0 Å². The van der Waals surface area contributed by atoms with Gasteiger partial charge in [0.05, 0.1) is 0 Å². The van der Waals surface area contributed by atoms with Crippen molar-refractivity contribution < 1.29 is 9.90 Å². The molecule has 1 saturated carbocycles. The molecule has 0 spiro atoms. The van der Waals surface area contributed by atoms with Gasteiger partial charge < -0.3 is 10.0 Å². The molecular weight excluding hydrogens is 264 g/mol. The lowest BCUT2D eigenvalue weighted by molar-refractivity contribution is -0.145. The second kappa shape index (κ2) is 7.10. The molecule has 1 aliphatic heterocycles. The first-order chi connectivity index (χ1) is 9.97. The van der Waals surface area contributed by atoms with Gasteiger partial charge >= 0.3 is 5.97 Å². The van der Waals surface area contributed by atoms with E-state index in [0.29, 0.717) is 18.5 Å². The third-order valence-corrected chi connectivity index (χ3v) is 5.40. The number of hydrogen-bond acceptors (Lipinski definition) is 3. The number of nitrogens with one attached hydrogen (secondary N) is 1. The maximum atomic E-state index is 11.7. The predicted octanol–water partition coefficient (Wildman–Crippen LogP) is 2.87. The van der Waals surface area contributed by atoms with Crippen LogP contribution in [0.25, 0.3) is 0 Å². The zero-order chi connectivity index (χ0) is 15.5. The van der Waals surface area contributed by atoms with Crippen molar-refractivity contribution in [2.24, 2.45) is 5.92 Å². The summed E-state index contributed by atoms with van der Waals surface area (Å²) in [5, 5.41) is 13.0. The Labute approximate surface area is 129 Å². The van der Waals surface area contributed by atoms with E-state index in [4.69, 9.17) is 0 Å². The fourth-order valence-electron chi connectivity index (χ4n) is 3.66. The van der Waals surface area contributed by atoms with Crippen LogP contribution in [-0.4, -0.2) is 46.7 Å². The minimum Gasteiger partial charge on any atom is -0.480 e. The Balaban J connectivity index is 1.82. The van der Waals surface area contributed by atoms with Gasteiger partial charge in [0, 0.05) is 12.1 Å². The van der Waals surface area contributed by atoms with Gasteiger partial charge in [-0.2, -0.15) is 0 Å². The highest BCUT2D eigenvalue weighted by molar-refractivity contribution is 5.78. The van der Waals surface area contributed by atoms with E-state index in [-0.39, 0.29) is 0 Å². The number of likely N-dealkylation sites (tertiary alicyclic amines) is 1. The number of rotatable bonds is 8. The predicted molar refractivity (Wildman–Crippen MR) is 85.5 cm³/mol. The fourth-order valence-corrected chi connectivity index (χ4v) is 3.66. The Hall–Kier alpha value is -0.610. The molecule has 1 heterocycles. The van der Waals surface area contributed by atoms with Crippen molar-refractivity contribution in [1.29, 1.82) is 0 Å². The lowest BCUT2D eigenvalue weighted by Crippen LogP contribution is -2.53. The zero-order valence-electron chi connectivity index (χ0n) is 13.9. The largest absolute Gasteiger partial charge is 0.480 e. The monoisotopic (exact) mass is 296 g/mol. The van der Waals surface area contributed by atoms with Crippen LogP contribution < -0.4 is 5.32 Å². The number of carboxylic acids is 1. The summed E-state index contributed by atoms with van der Waals surface area (Å²) in [5.41, 5.74) is -0.701. The molecule has 1 saturated heterocycles. The van der Waals surface area contributed by atoms with Crippen molar-refractivity contribution in [3.63, 3.8) is 0 Å². The van der Waals surface area contributed by atoms with E-state index < -0.39 is 11.5 Å². The number of piperidine rings is 1. The second-order valence-corrected chi connectivity index (χ2v) is 7.28. The van der Waals surface area contributed by atoms with Gasteiger partial charge in [-0.3, -0.25) is 10.1 Å². The maximum Gasteiger partial charge on any atom is 0.323 e. The molecule has 2 N–H and O–H groups in total. The van der Waals surface area contributed by atoms with E-state index in [9.17, 15) is 9.90 Å². The third-order valence-electron chi connectivity index (χ3n) is 5.40. The van der Waals surface area contributed by atoms with E-state index in [1.165, 1.54) is 19.4 Å². The van der Waals surface area contributed by atoms with E-state index >= 15 is 0 Å².